The lowest BCUT2D eigenvalue weighted by Gasteiger charge is -2.22. The maximum absolute atomic E-state index is 11.6. The Morgan fingerprint density at radius 2 is 1.94 bits per heavy atom. The van der Waals surface area contributed by atoms with Crippen molar-refractivity contribution in [1.82, 2.24) is 0 Å². The Morgan fingerprint density at radius 1 is 1.35 bits per heavy atom. The van der Waals surface area contributed by atoms with E-state index in [-0.39, 0.29) is 0 Å². The Kier molecular flexibility index (Phi) is 3.77. The molecule has 0 aliphatic rings. The average molecular weight is 257 g/mol. The van der Waals surface area contributed by atoms with Gasteiger partial charge in [-0.05, 0) is 25.5 Å². The van der Waals surface area contributed by atoms with Crippen LogP contribution in [-0.4, -0.2) is 32.3 Å². The summed E-state index contributed by atoms with van der Waals surface area (Å²) in [5.41, 5.74) is 2.13. The van der Waals surface area contributed by atoms with Crippen molar-refractivity contribution < 1.29 is 18.3 Å². The van der Waals surface area contributed by atoms with E-state index in [9.17, 15) is 13.2 Å². The van der Waals surface area contributed by atoms with E-state index in [4.69, 9.17) is 5.11 Å². The number of rotatable bonds is 4. The normalized spacial score (nSPS) is 11.2. The molecule has 1 rings (SSSR count). The highest BCUT2D eigenvalue weighted by molar-refractivity contribution is 7.92. The van der Waals surface area contributed by atoms with E-state index in [2.05, 4.69) is 0 Å². The Labute approximate surface area is 101 Å². The van der Waals surface area contributed by atoms with Crippen LogP contribution in [0, 0.1) is 13.8 Å². The van der Waals surface area contributed by atoms with Crippen LogP contribution in [0.4, 0.5) is 5.69 Å². The smallest absolute Gasteiger partial charge is 0.324 e. The minimum Gasteiger partial charge on any atom is -0.480 e. The largest absolute Gasteiger partial charge is 0.480 e. The van der Waals surface area contributed by atoms with Crippen LogP contribution >= 0.6 is 0 Å². The van der Waals surface area contributed by atoms with Crippen LogP contribution in [0.3, 0.4) is 0 Å². The molecule has 0 saturated heterocycles. The number of benzene rings is 1. The first-order valence-corrected chi connectivity index (χ1v) is 6.83. The molecule has 0 amide bonds. The maximum atomic E-state index is 11.6. The Hall–Kier alpha value is -1.56. The lowest BCUT2D eigenvalue weighted by atomic mass is 10.1. The average Bonchev–Trinajstić information content (AvgIpc) is 2.13. The highest BCUT2D eigenvalue weighted by Crippen LogP contribution is 2.23. The van der Waals surface area contributed by atoms with Crippen LogP contribution in [0.25, 0.3) is 0 Å². The zero-order valence-corrected chi connectivity index (χ0v) is 10.8. The second kappa shape index (κ2) is 4.75. The van der Waals surface area contributed by atoms with Crippen molar-refractivity contribution in [1.29, 1.82) is 0 Å². The molecule has 0 heterocycles. The predicted octanol–water partition coefficient (Wildman–Crippen LogP) is 1.15. The van der Waals surface area contributed by atoms with E-state index in [1.165, 1.54) is 0 Å². The van der Waals surface area contributed by atoms with Crippen molar-refractivity contribution in [3.05, 3.63) is 29.3 Å². The third-order valence-electron chi connectivity index (χ3n) is 2.30. The van der Waals surface area contributed by atoms with E-state index < -0.39 is 22.5 Å². The summed E-state index contributed by atoms with van der Waals surface area (Å²) in [4.78, 5) is 10.7. The fraction of sp³-hybridized carbons (Fsp3) is 0.364. The van der Waals surface area contributed by atoms with Crippen LogP contribution < -0.4 is 4.31 Å². The summed E-state index contributed by atoms with van der Waals surface area (Å²) in [6.07, 6.45) is 0.995. The van der Waals surface area contributed by atoms with Crippen molar-refractivity contribution >= 4 is 21.7 Å². The number of hydrogen-bond donors (Lipinski definition) is 1. The summed E-state index contributed by atoms with van der Waals surface area (Å²) in [6.45, 7) is 3.07. The Balaban J connectivity index is 3.27. The number of aryl methyl sites for hydroxylation is 2. The molecule has 0 aliphatic carbocycles. The van der Waals surface area contributed by atoms with Gasteiger partial charge in [0, 0.05) is 0 Å². The summed E-state index contributed by atoms with van der Waals surface area (Å²) < 4.78 is 24.0. The van der Waals surface area contributed by atoms with Gasteiger partial charge < -0.3 is 5.11 Å². The molecule has 0 unspecified atom stereocenters. The van der Waals surface area contributed by atoms with Crippen LogP contribution in [0.1, 0.15) is 11.1 Å². The number of sulfonamides is 1. The molecule has 0 bridgehead atoms. The van der Waals surface area contributed by atoms with E-state index in [0.29, 0.717) is 5.69 Å². The quantitative estimate of drug-likeness (QED) is 0.878. The van der Waals surface area contributed by atoms with Gasteiger partial charge in [0.25, 0.3) is 0 Å². The number of carboxylic acids is 1. The van der Waals surface area contributed by atoms with Gasteiger partial charge in [-0.2, -0.15) is 0 Å². The molecule has 0 saturated carbocycles. The van der Waals surface area contributed by atoms with Crippen molar-refractivity contribution in [2.24, 2.45) is 0 Å². The molecule has 0 aliphatic heterocycles. The zero-order valence-electron chi connectivity index (χ0n) is 9.97. The minimum atomic E-state index is -3.60. The van der Waals surface area contributed by atoms with Gasteiger partial charge in [0.15, 0.2) is 0 Å². The van der Waals surface area contributed by atoms with Gasteiger partial charge in [-0.3, -0.25) is 9.10 Å². The third-order valence-corrected chi connectivity index (χ3v) is 3.43. The molecule has 1 aromatic rings. The van der Waals surface area contributed by atoms with Crippen LogP contribution in [0.2, 0.25) is 0 Å². The molecule has 0 radical (unpaired) electrons. The van der Waals surface area contributed by atoms with Gasteiger partial charge >= 0.3 is 5.97 Å². The van der Waals surface area contributed by atoms with Crippen molar-refractivity contribution in [3.8, 4) is 0 Å². The number of nitrogens with zero attached hydrogens (tertiary/aromatic N) is 1. The van der Waals surface area contributed by atoms with Crippen LogP contribution in [0.5, 0.6) is 0 Å². The highest BCUT2D eigenvalue weighted by Gasteiger charge is 2.21. The number of hydrogen-bond acceptors (Lipinski definition) is 3. The summed E-state index contributed by atoms with van der Waals surface area (Å²) >= 11 is 0. The second-order valence-corrected chi connectivity index (χ2v) is 5.86. The highest BCUT2D eigenvalue weighted by atomic mass is 32.2. The number of aliphatic carboxylic acids is 1. The van der Waals surface area contributed by atoms with E-state index >= 15 is 0 Å². The molecule has 0 fully saturated rings. The van der Waals surface area contributed by atoms with Gasteiger partial charge in [0.1, 0.15) is 6.54 Å². The summed E-state index contributed by atoms with van der Waals surface area (Å²) in [5.74, 6) is -1.18. The molecular formula is C11H15NO4S. The Morgan fingerprint density at radius 3 is 2.35 bits per heavy atom. The van der Waals surface area contributed by atoms with Gasteiger partial charge in [-0.25, -0.2) is 8.42 Å². The zero-order chi connectivity index (χ0) is 13.2. The molecule has 17 heavy (non-hydrogen) atoms. The van der Waals surface area contributed by atoms with Crippen molar-refractivity contribution in [2.75, 3.05) is 17.1 Å². The van der Waals surface area contributed by atoms with Crippen molar-refractivity contribution in [3.63, 3.8) is 0 Å². The van der Waals surface area contributed by atoms with E-state index in [0.717, 1.165) is 21.7 Å². The fourth-order valence-corrected chi connectivity index (χ4v) is 2.50. The third kappa shape index (κ3) is 3.45. The summed E-state index contributed by atoms with van der Waals surface area (Å²) in [6, 6.07) is 5.19. The number of carbonyl (C=O) groups is 1. The lowest BCUT2D eigenvalue weighted by molar-refractivity contribution is -0.135. The summed E-state index contributed by atoms with van der Waals surface area (Å²) in [7, 11) is -3.60. The minimum absolute atomic E-state index is 0.403. The summed E-state index contributed by atoms with van der Waals surface area (Å²) in [5, 5.41) is 8.75. The van der Waals surface area contributed by atoms with Gasteiger partial charge in [0.05, 0.1) is 11.9 Å². The predicted molar refractivity (Wildman–Crippen MR) is 65.7 cm³/mol. The second-order valence-electron chi connectivity index (χ2n) is 3.95. The fourth-order valence-electron chi connectivity index (χ4n) is 1.59. The molecule has 0 aromatic heterocycles. The molecule has 0 atom stereocenters. The maximum Gasteiger partial charge on any atom is 0.324 e. The van der Waals surface area contributed by atoms with Gasteiger partial charge in [-0.1, -0.05) is 17.7 Å². The van der Waals surface area contributed by atoms with Gasteiger partial charge in [-0.15, -0.1) is 0 Å². The lowest BCUT2D eigenvalue weighted by Crippen LogP contribution is -2.35. The molecule has 1 aromatic carbocycles. The standard InChI is InChI=1S/C11H15NO4S/c1-8-4-5-10(9(2)6-8)12(7-11(13)14)17(3,15)16/h4-6H,7H2,1-3H3,(H,13,14). The monoisotopic (exact) mass is 257 g/mol. The first kappa shape index (κ1) is 13.5. The Bertz CT molecular complexity index is 536. The van der Waals surface area contributed by atoms with E-state index in [1.54, 1.807) is 19.1 Å². The molecule has 1 N–H and O–H groups in total. The molecular weight excluding hydrogens is 242 g/mol. The molecule has 6 heteroatoms. The number of anilines is 1. The molecule has 94 valence electrons. The molecule has 0 spiro atoms. The topological polar surface area (TPSA) is 74.7 Å². The first-order valence-electron chi connectivity index (χ1n) is 4.98. The van der Waals surface area contributed by atoms with Crippen LogP contribution in [0.15, 0.2) is 18.2 Å². The SMILES string of the molecule is Cc1ccc(N(CC(=O)O)S(C)(=O)=O)c(C)c1. The van der Waals surface area contributed by atoms with Gasteiger partial charge in [0.2, 0.25) is 10.0 Å². The molecule has 5 nitrogen and oxygen atoms in total. The van der Waals surface area contributed by atoms with E-state index in [1.807, 2.05) is 13.0 Å². The van der Waals surface area contributed by atoms with Crippen LogP contribution in [-0.2, 0) is 14.8 Å². The van der Waals surface area contributed by atoms with Crippen molar-refractivity contribution in [2.45, 2.75) is 13.8 Å². The first-order chi connectivity index (χ1) is 7.71. The number of carboxylic acid groups (broad SMARTS) is 1.